The van der Waals surface area contributed by atoms with E-state index in [0.29, 0.717) is 5.02 Å². The maximum Gasteiger partial charge on any atom is 0.279 e. The Morgan fingerprint density at radius 3 is 2.41 bits per heavy atom. The summed E-state index contributed by atoms with van der Waals surface area (Å²) in [7, 11) is 1.82. The minimum absolute atomic E-state index is 0.124. The normalized spacial score (nSPS) is 12.9. The Kier molecular flexibility index (Phi) is 8.16. The first-order valence-electron chi connectivity index (χ1n) is 8.68. The minimum Gasteiger partial charge on any atom is -0.345 e. The molecule has 2 aromatic rings. The van der Waals surface area contributed by atoms with Gasteiger partial charge in [0.25, 0.3) is 11.8 Å². The van der Waals surface area contributed by atoms with E-state index in [1.807, 2.05) is 62.7 Å². The molecule has 0 aliphatic heterocycles. The standard InChI is InChI=1S/C20H24ClN3O2S/c1-14(15-8-4-5-9-16(15)21)22-19(25)12-24(2)13-20(26)23-17-10-6-7-11-18(17)27-3/h4-11,14H,12-13H2,1-3H3,(H,22,25)(H,23,26)/p+1/t14-/m0/s1. The van der Waals surface area contributed by atoms with E-state index < -0.39 is 0 Å². The van der Waals surface area contributed by atoms with Crippen LogP contribution < -0.4 is 15.5 Å². The molecule has 1 unspecified atom stereocenters. The van der Waals surface area contributed by atoms with Crippen molar-refractivity contribution >= 4 is 40.9 Å². The van der Waals surface area contributed by atoms with Crippen LogP contribution in [0.25, 0.3) is 0 Å². The number of benzene rings is 2. The van der Waals surface area contributed by atoms with E-state index in [1.165, 1.54) is 0 Å². The summed E-state index contributed by atoms with van der Waals surface area (Å²) in [5.74, 6) is -0.252. The molecular formula is C20H25ClN3O2S+. The second-order valence-corrected chi connectivity index (χ2v) is 7.63. The smallest absolute Gasteiger partial charge is 0.279 e. The largest absolute Gasteiger partial charge is 0.345 e. The Hall–Kier alpha value is -2.02. The van der Waals surface area contributed by atoms with Gasteiger partial charge in [-0.15, -0.1) is 11.8 Å². The molecule has 27 heavy (non-hydrogen) atoms. The van der Waals surface area contributed by atoms with E-state index in [1.54, 1.807) is 17.8 Å². The molecule has 0 aromatic heterocycles. The molecule has 0 spiro atoms. The highest BCUT2D eigenvalue weighted by Gasteiger charge is 2.18. The molecule has 0 aliphatic carbocycles. The summed E-state index contributed by atoms with van der Waals surface area (Å²) in [4.78, 5) is 26.4. The van der Waals surface area contributed by atoms with E-state index in [-0.39, 0.29) is 30.9 Å². The second-order valence-electron chi connectivity index (χ2n) is 6.37. The molecule has 3 N–H and O–H groups in total. The first-order valence-corrected chi connectivity index (χ1v) is 10.3. The van der Waals surface area contributed by atoms with Crippen molar-refractivity contribution in [3.63, 3.8) is 0 Å². The van der Waals surface area contributed by atoms with Crippen LogP contribution in [0, 0.1) is 0 Å². The molecule has 144 valence electrons. The predicted molar refractivity (Wildman–Crippen MR) is 111 cm³/mol. The molecule has 0 bridgehead atoms. The Bertz CT molecular complexity index is 800. The summed E-state index contributed by atoms with van der Waals surface area (Å²) in [5, 5.41) is 6.46. The summed E-state index contributed by atoms with van der Waals surface area (Å²) in [6.45, 7) is 2.30. The Morgan fingerprint density at radius 1 is 1.07 bits per heavy atom. The number of thioether (sulfide) groups is 1. The number of quaternary nitrogens is 1. The molecular weight excluding hydrogens is 382 g/mol. The van der Waals surface area contributed by atoms with Gasteiger partial charge in [0.05, 0.1) is 18.8 Å². The number of likely N-dealkylation sites (N-methyl/N-ethyl adjacent to an activating group) is 1. The van der Waals surface area contributed by atoms with Crippen LogP contribution >= 0.6 is 23.4 Å². The topological polar surface area (TPSA) is 62.6 Å². The monoisotopic (exact) mass is 406 g/mol. The average Bonchev–Trinajstić information content (AvgIpc) is 2.61. The third-order valence-electron chi connectivity index (χ3n) is 4.05. The molecule has 7 heteroatoms. The lowest BCUT2D eigenvalue weighted by atomic mass is 10.1. The zero-order chi connectivity index (χ0) is 19.8. The van der Waals surface area contributed by atoms with E-state index in [9.17, 15) is 9.59 Å². The Balaban J connectivity index is 1.84. The van der Waals surface area contributed by atoms with Crippen LogP contribution in [-0.2, 0) is 9.59 Å². The molecule has 5 nitrogen and oxygen atoms in total. The maximum atomic E-state index is 12.3. The quantitative estimate of drug-likeness (QED) is 0.590. The number of halogens is 1. The van der Waals surface area contributed by atoms with Gasteiger partial charge in [0.15, 0.2) is 13.1 Å². The number of hydrogen-bond acceptors (Lipinski definition) is 3. The van der Waals surface area contributed by atoms with Crippen LogP contribution in [0.1, 0.15) is 18.5 Å². The van der Waals surface area contributed by atoms with E-state index in [4.69, 9.17) is 11.6 Å². The fourth-order valence-electron chi connectivity index (χ4n) is 2.75. The van der Waals surface area contributed by atoms with E-state index >= 15 is 0 Å². The van der Waals surface area contributed by atoms with Crippen molar-refractivity contribution in [3.8, 4) is 0 Å². The van der Waals surface area contributed by atoms with Crippen LogP contribution in [0.3, 0.4) is 0 Å². The summed E-state index contributed by atoms with van der Waals surface area (Å²) in [6.07, 6.45) is 1.97. The van der Waals surface area contributed by atoms with Gasteiger partial charge in [-0.1, -0.05) is 41.9 Å². The molecule has 0 heterocycles. The van der Waals surface area contributed by atoms with Crippen molar-refractivity contribution in [2.24, 2.45) is 0 Å². The molecule has 0 saturated carbocycles. The number of hydrogen-bond donors (Lipinski definition) is 3. The highest BCUT2D eigenvalue weighted by molar-refractivity contribution is 7.98. The first kappa shape index (κ1) is 21.3. The molecule has 0 aliphatic rings. The SMILES string of the molecule is CSc1ccccc1NC(=O)C[NH+](C)CC(=O)N[C@@H](C)c1ccccc1Cl. The third-order valence-corrected chi connectivity index (χ3v) is 5.19. The lowest BCUT2D eigenvalue weighted by molar-refractivity contribution is -0.862. The first-order chi connectivity index (χ1) is 12.9. The Morgan fingerprint density at radius 2 is 1.70 bits per heavy atom. The van der Waals surface area contributed by atoms with Gasteiger partial charge >= 0.3 is 0 Å². The van der Waals surface area contributed by atoms with E-state index in [0.717, 1.165) is 21.0 Å². The number of anilines is 1. The van der Waals surface area contributed by atoms with Crippen molar-refractivity contribution in [3.05, 3.63) is 59.1 Å². The number of rotatable bonds is 8. The minimum atomic E-state index is -0.193. The van der Waals surface area contributed by atoms with Crippen LogP contribution in [0.4, 0.5) is 5.69 Å². The molecule has 2 atom stereocenters. The predicted octanol–water partition coefficient (Wildman–Crippen LogP) is 2.39. The highest BCUT2D eigenvalue weighted by Crippen LogP contribution is 2.24. The van der Waals surface area contributed by atoms with Gasteiger partial charge in [-0.3, -0.25) is 9.59 Å². The number of para-hydroxylation sites is 1. The lowest BCUT2D eigenvalue weighted by Crippen LogP contribution is -3.11. The fourth-order valence-corrected chi connectivity index (χ4v) is 3.60. The van der Waals surface area contributed by atoms with Gasteiger partial charge in [-0.2, -0.15) is 0 Å². The molecule has 0 fully saturated rings. The van der Waals surface area contributed by atoms with Crippen molar-refractivity contribution in [2.45, 2.75) is 17.9 Å². The number of carbonyl (C=O) groups is 2. The van der Waals surface area contributed by atoms with Gasteiger partial charge in [0.2, 0.25) is 0 Å². The van der Waals surface area contributed by atoms with Crippen molar-refractivity contribution in [1.29, 1.82) is 0 Å². The van der Waals surface area contributed by atoms with Crippen LogP contribution in [0.5, 0.6) is 0 Å². The van der Waals surface area contributed by atoms with Gasteiger partial charge < -0.3 is 15.5 Å². The summed E-state index contributed by atoms with van der Waals surface area (Å²) in [6, 6.07) is 14.9. The summed E-state index contributed by atoms with van der Waals surface area (Å²) >= 11 is 7.74. The van der Waals surface area contributed by atoms with Crippen molar-refractivity contribution < 1.29 is 14.5 Å². The van der Waals surface area contributed by atoms with Crippen LogP contribution in [0.2, 0.25) is 5.02 Å². The average molecular weight is 407 g/mol. The van der Waals surface area contributed by atoms with Gasteiger partial charge in [0.1, 0.15) is 0 Å². The number of carbonyl (C=O) groups excluding carboxylic acids is 2. The summed E-state index contributed by atoms with van der Waals surface area (Å²) < 4.78 is 0. The molecule has 2 rings (SSSR count). The third kappa shape index (κ3) is 6.57. The van der Waals surface area contributed by atoms with Gasteiger partial charge in [-0.25, -0.2) is 0 Å². The second kappa shape index (κ2) is 10.3. The number of nitrogens with one attached hydrogen (secondary N) is 3. The fraction of sp³-hybridized carbons (Fsp3) is 0.300. The van der Waals surface area contributed by atoms with Crippen molar-refractivity contribution in [2.75, 3.05) is 31.7 Å². The molecule has 0 saturated heterocycles. The van der Waals surface area contributed by atoms with Gasteiger partial charge in [-0.05, 0) is 36.9 Å². The molecule has 2 aromatic carbocycles. The maximum absolute atomic E-state index is 12.3. The Labute approximate surface area is 169 Å². The zero-order valence-electron chi connectivity index (χ0n) is 15.7. The van der Waals surface area contributed by atoms with Gasteiger partial charge in [0, 0.05) is 9.92 Å². The lowest BCUT2D eigenvalue weighted by Gasteiger charge is -2.18. The summed E-state index contributed by atoms with van der Waals surface area (Å²) in [5.41, 5.74) is 1.66. The van der Waals surface area contributed by atoms with E-state index in [2.05, 4.69) is 10.6 Å². The molecule has 2 amide bonds. The molecule has 0 radical (unpaired) electrons. The van der Waals surface area contributed by atoms with Crippen LogP contribution in [-0.4, -0.2) is 38.2 Å². The zero-order valence-corrected chi connectivity index (χ0v) is 17.3. The van der Waals surface area contributed by atoms with Crippen molar-refractivity contribution in [1.82, 2.24) is 5.32 Å². The highest BCUT2D eigenvalue weighted by atomic mass is 35.5. The number of amides is 2. The van der Waals surface area contributed by atoms with Crippen LogP contribution in [0.15, 0.2) is 53.4 Å².